The summed E-state index contributed by atoms with van der Waals surface area (Å²) in [4.78, 5) is 13.6. The number of thiophene rings is 1. The molecule has 2 aromatic carbocycles. The standard InChI is InChI=1S/C24H25NO6S2/c1-4-11-31-19-10-5-15(12-20(19)30-3)18-13-22(26)25-23-21(14-32-24(18)23)33(27,28)17-8-6-16(29-2)7-9-17/h5-10,12,14,18H,4,11,13H2,1-3H3,(H,25,26)/t18-/m1/s1. The minimum atomic E-state index is -3.83. The fourth-order valence-electron chi connectivity index (χ4n) is 3.79. The van der Waals surface area contributed by atoms with E-state index >= 15 is 0 Å². The van der Waals surface area contributed by atoms with Crippen LogP contribution >= 0.6 is 11.3 Å². The van der Waals surface area contributed by atoms with Crippen molar-refractivity contribution < 1.29 is 27.4 Å². The summed E-state index contributed by atoms with van der Waals surface area (Å²) >= 11 is 1.33. The van der Waals surface area contributed by atoms with E-state index in [1.807, 2.05) is 25.1 Å². The lowest BCUT2D eigenvalue weighted by molar-refractivity contribution is -0.116. The maximum absolute atomic E-state index is 13.3. The molecule has 33 heavy (non-hydrogen) atoms. The monoisotopic (exact) mass is 487 g/mol. The molecule has 0 spiro atoms. The van der Waals surface area contributed by atoms with Crippen molar-refractivity contribution in [3.05, 3.63) is 58.3 Å². The molecule has 2 heterocycles. The summed E-state index contributed by atoms with van der Waals surface area (Å²) in [6.45, 7) is 2.60. The van der Waals surface area contributed by atoms with E-state index in [4.69, 9.17) is 14.2 Å². The maximum atomic E-state index is 13.3. The average molecular weight is 488 g/mol. The number of benzene rings is 2. The molecule has 0 bridgehead atoms. The Hall–Kier alpha value is -3.04. The lowest BCUT2D eigenvalue weighted by atomic mass is 9.90. The third-order valence-electron chi connectivity index (χ3n) is 5.47. The number of anilines is 1. The summed E-state index contributed by atoms with van der Waals surface area (Å²) in [5.41, 5.74) is 1.21. The molecule has 1 amide bonds. The first kappa shape index (κ1) is 23.1. The first-order valence-electron chi connectivity index (χ1n) is 10.5. The number of rotatable bonds is 8. The van der Waals surface area contributed by atoms with E-state index in [1.165, 1.54) is 30.6 Å². The van der Waals surface area contributed by atoms with Crippen molar-refractivity contribution in [2.24, 2.45) is 0 Å². The van der Waals surface area contributed by atoms with E-state index in [1.54, 1.807) is 24.6 Å². The molecule has 1 aromatic heterocycles. The molecule has 1 atom stereocenters. The minimum absolute atomic E-state index is 0.0978. The Morgan fingerprint density at radius 3 is 2.48 bits per heavy atom. The SMILES string of the molecule is CCCOc1ccc([C@H]2CC(=O)Nc3c(S(=O)(=O)c4ccc(OC)cc4)csc32)cc1OC. The Morgan fingerprint density at radius 2 is 1.82 bits per heavy atom. The quantitative estimate of drug-likeness (QED) is 0.488. The second-order valence-corrected chi connectivity index (χ2v) is 10.4. The van der Waals surface area contributed by atoms with Crippen LogP contribution in [0.5, 0.6) is 17.2 Å². The first-order valence-corrected chi connectivity index (χ1v) is 12.9. The number of carbonyl (C=O) groups is 1. The molecule has 0 radical (unpaired) electrons. The highest BCUT2D eigenvalue weighted by atomic mass is 32.2. The number of amides is 1. The Morgan fingerprint density at radius 1 is 1.06 bits per heavy atom. The highest BCUT2D eigenvalue weighted by Gasteiger charge is 2.34. The van der Waals surface area contributed by atoms with Gasteiger partial charge in [0.2, 0.25) is 15.7 Å². The summed E-state index contributed by atoms with van der Waals surface area (Å²) < 4.78 is 43.0. The van der Waals surface area contributed by atoms with Crippen LogP contribution in [-0.2, 0) is 14.6 Å². The number of hydrogen-bond donors (Lipinski definition) is 1. The van der Waals surface area contributed by atoms with Crippen molar-refractivity contribution in [1.82, 2.24) is 0 Å². The molecular weight excluding hydrogens is 462 g/mol. The van der Waals surface area contributed by atoms with Crippen LogP contribution in [0, 0.1) is 0 Å². The van der Waals surface area contributed by atoms with Gasteiger partial charge in [-0.15, -0.1) is 11.3 Å². The average Bonchev–Trinajstić information content (AvgIpc) is 3.26. The third kappa shape index (κ3) is 4.43. The topological polar surface area (TPSA) is 90.9 Å². The molecule has 7 nitrogen and oxygen atoms in total. The van der Waals surface area contributed by atoms with Gasteiger partial charge in [0.25, 0.3) is 0 Å². The fourth-order valence-corrected chi connectivity index (χ4v) is 6.69. The lowest BCUT2D eigenvalue weighted by Crippen LogP contribution is -2.23. The molecule has 174 valence electrons. The van der Waals surface area contributed by atoms with Gasteiger partial charge in [-0.2, -0.15) is 0 Å². The number of fused-ring (bicyclic) bond motifs is 1. The Balaban J connectivity index is 1.73. The zero-order valence-electron chi connectivity index (χ0n) is 18.6. The number of methoxy groups -OCH3 is 2. The summed E-state index contributed by atoms with van der Waals surface area (Å²) in [6, 6.07) is 11.8. The zero-order chi connectivity index (χ0) is 23.6. The molecule has 9 heteroatoms. The van der Waals surface area contributed by atoms with Crippen LogP contribution in [0.3, 0.4) is 0 Å². The van der Waals surface area contributed by atoms with E-state index < -0.39 is 9.84 Å². The van der Waals surface area contributed by atoms with Gasteiger partial charge in [-0.25, -0.2) is 8.42 Å². The lowest BCUT2D eigenvalue weighted by Gasteiger charge is -2.24. The van der Waals surface area contributed by atoms with Gasteiger partial charge in [0.05, 0.1) is 31.4 Å². The second kappa shape index (κ2) is 9.44. The van der Waals surface area contributed by atoms with Crippen LogP contribution in [0.1, 0.15) is 36.1 Å². The number of sulfone groups is 1. The Labute approximate surface area is 197 Å². The maximum Gasteiger partial charge on any atom is 0.225 e. The van der Waals surface area contributed by atoms with E-state index in [-0.39, 0.29) is 28.0 Å². The highest BCUT2D eigenvalue weighted by molar-refractivity contribution is 7.91. The molecule has 0 saturated carbocycles. The summed E-state index contributed by atoms with van der Waals surface area (Å²) in [6.07, 6.45) is 1.09. The summed E-state index contributed by atoms with van der Waals surface area (Å²) in [5, 5.41) is 4.38. The van der Waals surface area contributed by atoms with Crippen molar-refractivity contribution in [3.63, 3.8) is 0 Å². The predicted molar refractivity (Wildman–Crippen MR) is 127 cm³/mol. The first-order chi connectivity index (χ1) is 15.9. The van der Waals surface area contributed by atoms with Gasteiger partial charge in [-0.1, -0.05) is 13.0 Å². The van der Waals surface area contributed by atoms with Crippen LogP contribution in [-0.4, -0.2) is 35.2 Å². The molecule has 1 aliphatic rings. The van der Waals surface area contributed by atoms with Gasteiger partial charge in [0.15, 0.2) is 11.5 Å². The number of nitrogens with one attached hydrogen (secondary N) is 1. The number of carbonyl (C=O) groups excluding carboxylic acids is 1. The fraction of sp³-hybridized carbons (Fsp3) is 0.292. The van der Waals surface area contributed by atoms with Gasteiger partial charge in [-0.05, 0) is 48.4 Å². The normalized spacial score (nSPS) is 15.5. The van der Waals surface area contributed by atoms with Crippen LogP contribution in [0.25, 0.3) is 0 Å². The van der Waals surface area contributed by atoms with Crippen molar-refractivity contribution in [1.29, 1.82) is 0 Å². The van der Waals surface area contributed by atoms with E-state index in [9.17, 15) is 13.2 Å². The van der Waals surface area contributed by atoms with Crippen LogP contribution < -0.4 is 19.5 Å². The van der Waals surface area contributed by atoms with Crippen molar-refractivity contribution in [2.75, 3.05) is 26.1 Å². The molecule has 0 unspecified atom stereocenters. The molecule has 0 fully saturated rings. The van der Waals surface area contributed by atoms with Gasteiger partial charge < -0.3 is 19.5 Å². The number of ether oxygens (including phenoxy) is 3. The second-order valence-electron chi connectivity index (χ2n) is 7.58. The molecule has 0 aliphatic carbocycles. The van der Waals surface area contributed by atoms with Crippen molar-refractivity contribution in [2.45, 2.75) is 35.5 Å². The van der Waals surface area contributed by atoms with E-state index in [0.29, 0.717) is 29.5 Å². The molecule has 3 aromatic rings. The smallest absolute Gasteiger partial charge is 0.225 e. The largest absolute Gasteiger partial charge is 0.497 e. The van der Waals surface area contributed by atoms with Gasteiger partial charge in [0.1, 0.15) is 10.6 Å². The Kier molecular flexibility index (Phi) is 6.62. The van der Waals surface area contributed by atoms with Crippen LogP contribution in [0.15, 0.2) is 57.6 Å². The highest BCUT2D eigenvalue weighted by Crippen LogP contribution is 2.47. The molecule has 1 N–H and O–H groups in total. The summed E-state index contributed by atoms with van der Waals surface area (Å²) in [7, 11) is -0.735. The van der Waals surface area contributed by atoms with Crippen LogP contribution in [0.4, 0.5) is 5.69 Å². The predicted octanol–water partition coefficient (Wildman–Crippen LogP) is 4.86. The van der Waals surface area contributed by atoms with Gasteiger partial charge in [-0.3, -0.25) is 4.79 Å². The van der Waals surface area contributed by atoms with Crippen molar-refractivity contribution in [3.8, 4) is 17.2 Å². The van der Waals surface area contributed by atoms with E-state index in [2.05, 4.69) is 5.32 Å². The van der Waals surface area contributed by atoms with Gasteiger partial charge in [0, 0.05) is 22.6 Å². The molecular formula is C24H25NO6S2. The Bertz CT molecular complexity index is 1260. The van der Waals surface area contributed by atoms with Crippen molar-refractivity contribution >= 4 is 32.8 Å². The third-order valence-corrected chi connectivity index (χ3v) is 8.51. The molecule has 1 aliphatic heterocycles. The van der Waals surface area contributed by atoms with Crippen LogP contribution in [0.2, 0.25) is 0 Å². The number of hydrogen-bond acceptors (Lipinski definition) is 7. The van der Waals surface area contributed by atoms with Gasteiger partial charge >= 0.3 is 0 Å². The molecule has 0 saturated heterocycles. The summed E-state index contributed by atoms with van der Waals surface area (Å²) in [5.74, 6) is 1.26. The zero-order valence-corrected chi connectivity index (χ0v) is 20.2. The minimum Gasteiger partial charge on any atom is -0.497 e. The molecule has 4 rings (SSSR count). The van der Waals surface area contributed by atoms with E-state index in [0.717, 1.165) is 16.9 Å².